The SMILES string of the molecule is COC(=O)c1cccc(N2CCCC(CSc3nc(-c4ccccc4)cs3)C2)c1. The Morgan fingerprint density at radius 3 is 2.93 bits per heavy atom. The fourth-order valence-corrected chi connectivity index (χ4v) is 5.62. The number of esters is 1. The van der Waals surface area contributed by atoms with Gasteiger partial charge >= 0.3 is 5.97 Å². The summed E-state index contributed by atoms with van der Waals surface area (Å²) in [6.07, 6.45) is 2.40. The van der Waals surface area contributed by atoms with Gasteiger partial charge in [0.1, 0.15) is 0 Å². The number of nitrogens with zero attached hydrogens (tertiary/aromatic N) is 2. The van der Waals surface area contributed by atoms with Crippen LogP contribution >= 0.6 is 23.1 Å². The second kappa shape index (κ2) is 9.46. The summed E-state index contributed by atoms with van der Waals surface area (Å²) in [4.78, 5) is 19.0. The Morgan fingerprint density at radius 1 is 1.24 bits per heavy atom. The molecule has 1 aliphatic heterocycles. The van der Waals surface area contributed by atoms with E-state index in [4.69, 9.17) is 9.72 Å². The molecule has 1 fully saturated rings. The summed E-state index contributed by atoms with van der Waals surface area (Å²) in [6, 6.07) is 18.1. The molecular weight excluding hydrogens is 400 g/mol. The van der Waals surface area contributed by atoms with E-state index in [0.29, 0.717) is 11.5 Å². The van der Waals surface area contributed by atoms with E-state index in [1.165, 1.54) is 25.5 Å². The van der Waals surface area contributed by atoms with Gasteiger partial charge in [-0.05, 0) is 37.0 Å². The first kappa shape index (κ1) is 20.0. The number of ether oxygens (including phenoxy) is 1. The molecule has 2 aromatic carbocycles. The molecule has 6 heteroatoms. The van der Waals surface area contributed by atoms with Crippen molar-refractivity contribution in [2.45, 2.75) is 17.2 Å². The normalized spacial score (nSPS) is 16.6. The van der Waals surface area contributed by atoms with Crippen molar-refractivity contribution in [2.24, 2.45) is 5.92 Å². The molecule has 0 bridgehead atoms. The highest BCUT2D eigenvalue weighted by molar-refractivity contribution is 8.01. The van der Waals surface area contributed by atoms with Crippen LogP contribution in [0.2, 0.25) is 0 Å². The van der Waals surface area contributed by atoms with Gasteiger partial charge in [0.15, 0.2) is 4.34 Å². The number of anilines is 1. The topological polar surface area (TPSA) is 42.4 Å². The molecule has 4 rings (SSSR count). The van der Waals surface area contributed by atoms with Crippen LogP contribution < -0.4 is 4.90 Å². The number of methoxy groups -OCH3 is 1. The van der Waals surface area contributed by atoms with Gasteiger partial charge < -0.3 is 9.64 Å². The van der Waals surface area contributed by atoms with Crippen molar-refractivity contribution in [3.63, 3.8) is 0 Å². The molecule has 1 aromatic heterocycles. The number of thioether (sulfide) groups is 1. The molecule has 150 valence electrons. The number of carbonyl (C=O) groups is 1. The Labute approximate surface area is 179 Å². The monoisotopic (exact) mass is 424 g/mol. The lowest BCUT2D eigenvalue weighted by atomic mass is 9.99. The van der Waals surface area contributed by atoms with Gasteiger partial charge in [-0.3, -0.25) is 0 Å². The number of hydrogen-bond acceptors (Lipinski definition) is 6. The van der Waals surface area contributed by atoms with Crippen molar-refractivity contribution in [2.75, 3.05) is 30.9 Å². The predicted octanol–water partition coefficient (Wildman–Crippen LogP) is 5.61. The highest BCUT2D eigenvalue weighted by Gasteiger charge is 2.21. The summed E-state index contributed by atoms with van der Waals surface area (Å²) in [5.74, 6) is 1.39. The third-order valence-corrected chi connectivity index (χ3v) is 7.40. The van der Waals surface area contributed by atoms with Gasteiger partial charge in [-0.1, -0.05) is 48.2 Å². The minimum absolute atomic E-state index is 0.283. The first-order valence-corrected chi connectivity index (χ1v) is 11.7. The lowest BCUT2D eigenvalue weighted by Gasteiger charge is -2.34. The van der Waals surface area contributed by atoms with Crippen molar-refractivity contribution in [3.8, 4) is 11.3 Å². The van der Waals surface area contributed by atoms with E-state index in [9.17, 15) is 4.79 Å². The summed E-state index contributed by atoms with van der Waals surface area (Å²) in [5, 5.41) is 2.14. The van der Waals surface area contributed by atoms with Crippen LogP contribution in [0.4, 0.5) is 5.69 Å². The minimum Gasteiger partial charge on any atom is -0.465 e. The number of piperidine rings is 1. The second-order valence-electron chi connectivity index (χ2n) is 7.17. The molecule has 1 atom stereocenters. The van der Waals surface area contributed by atoms with E-state index in [1.54, 1.807) is 17.4 Å². The quantitative estimate of drug-likeness (QED) is 0.380. The van der Waals surface area contributed by atoms with E-state index in [-0.39, 0.29) is 5.97 Å². The molecule has 2 heterocycles. The Bertz CT molecular complexity index is 958. The van der Waals surface area contributed by atoms with Crippen LogP contribution in [0.1, 0.15) is 23.2 Å². The summed E-state index contributed by atoms with van der Waals surface area (Å²) in [7, 11) is 1.42. The first-order valence-electron chi connectivity index (χ1n) is 9.80. The highest BCUT2D eigenvalue weighted by atomic mass is 32.2. The van der Waals surface area contributed by atoms with Crippen molar-refractivity contribution in [1.82, 2.24) is 4.98 Å². The maximum absolute atomic E-state index is 11.8. The molecule has 29 heavy (non-hydrogen) atoms. The fourth-order valence-electron chi connectivity index (χ4n) is 3.64. The molecule has 0 N–H and O–H groups in total. The van der Waals surface area contributed by atoms with Crippen LogP contribution in [-0.2, 0) is 4.74 Å². The van der Waals surface area contributed by atoms with Crippen LogP contribution in [0, 0.1) is 5.92 Å². The zero-order valence-electron chi connectivity index (χ0n) is 16.4. The van der Waals surface area contributed by atoms with E-state index in [0.717, 1.165) is 34.6 Å². The number of rotatable bonds is 6. The lowest BCUT2D eigenvalue weighted by Crippen LogP contribution is -2.36. The first-order chi connectivity index (χ1) is 14.2. The molecule has 1 unspecified atom stereocenters. The zero-order chi connectivity index (χ0) is 20.1. The third-order valence-electron chi connectivity index (χ3n) is 5.15. The van der Waals surface area contributed by atoms with E-state index in [1.807, 2.05) is 42.1 Å². The Kier molecular flexibility index (Phi) is 6.52. The molecule has 4 nitrogen and oxygen atoms in total. The predicted molar refractivity (Wildman–Crippen MR) is 121 cm³/mol. The molecule has 0 saturated carbocycles. The number of aromatic nitrogens is 1. The van der Waals surface area contributed by atoms with Gasteiger partial charge in [0, 0.05) is 35.5 Å². The van der Waals surface area contributed by atoms with Gasteiger partial charge in [-0.25, -0.2) is 9.78 Å². The molecular formula is C23H24N2O2S2. The Balaban J connectivity index is 1.36. The maximum Gasteiger partial charge on any atom is 0.337 e. The van der Waals surface area contributed by atoms with Gasteiger partial charge in [0.2, 0.25) is 0 Å². The maximum atomic E-state index is 11.8. The molecule has 1 aliphatic rings. The van der Waals surface area contributed by atoms with Crippen LogP contribution in [0.15, 0.2) is 64.3 Å². The summed E-state index contributed by atoms with van der Waals surface area (Å²) >= 11 is 3.58. The van der Waals surface area contributed by atoms with Crippen LogP contribution in [0.25, 0.3) is 11.3 Å². The van der Waals surface area contributed by atoms with Gasteiger partial charge in [0.05, 0.1) is 18.4 Å². The fraction of sp³-hybridized carbons (Fsp3) is 0.304. The van der Waals surface area contributed by atoms with Crippen LogP contribution in [0.3, 0.4) is 0 Å². The number of thiazole rings is 1. The van der Waals surface area contributed by atoms with Gasteiger partial charge in [-0.15, -0.1) is 11.3 Å². The van der Waals surface area contributed by atoms with E-state index < -0.39 is 0 Å². The van der Waals surface area contributed by atoms with Crippen molar-refractivity contribution < 1.29 is 9.53 Å². The molecule has 1 saturated heterocycles. The minimum atomic E-state index is -0.283. The highest BCUT2D eigenvalue weighted by Crippen LogP contribution is 2.32. The van der Waals surface area contributed by atoms with E-state index >= 15 is 0 Å². The number of benzene rings is 2. The van der Waals surface area contributed by atoms with E-state index in [2.05, 4.69) is 28.5 Å². The average Bonchev–Trinajstić information content (AvgIpc) is 3.27. The summed E-state index contributed by atoms with van der Waals surface area (Å²) in [5.41, 5.74) is 3.94. The largest absolute Gasteiger partial charge is 0.465 e. The van der Waals surface area contributed by atoms with Gasteiger partial charge in [0.25, 0.3) is 0 Å². The Morgan fingerprint density at radius 2 is 2.10 bits per heavy atom. The summed E-state index contributed by atoms with van der Waals surface area (Å²) < 4.78 is 5.99. The molecule has 3 aromatic rings. The Hall–Kier alpha value is -2.31. The third kappa shape index (κ3) is 5.00. The van der Waals surface area contributed by atoms with Crippen molar-refractivity contribution in [3.05, 3.63) is 65.5 Å². The number of carbonyl (C=O) groups excluding carboxylic acids is 1. The smallest absolute Gasteiger partial charge is 0.337 e. The standard InChI is InChI=1S/C23H24N2O2S2/c1-27-22(26)19-10-5-11-20(13-19)25-12-6-7-17(14-25)15-28-23-24-21(16-29-23)18-8-3-2-4-9-18/h2-5,8-11,13,16-17H,6-7,12,14-15H2,1H3. The van der Waals surface area contributed by atoms with Crippen molar-refractivity contribution >= 4 is 34.8 Å². The second-order valence-corrected chi connectivity index (χ2v) is 9.30. The molecule has 0 spiro atoms. The van der Waals surface area contributed by atoms with Crippen molar-refractivity contribution in [1.29, 1.82) is 0 Å². The van der Waals surface area contributed by atoms with Crippen LogP contribution in [0.5, 0.6) is 0 Å². The van der Waals surface area contributed by atoms with Gasteiger partial charge in [-0.2, -0.15) is 0 Å². The zero-order valence-corrected chi connectivity index (χ0v) is 18.0. The molecule has 0 amide bonds. The molecule has 0 radical (unpaired) electrons. The lowest BCUT2D eigenvalue weighted by molar-refractivity contribution is 0.0601. The van der Waals surface area contributed by atoms with Crippen LogP contribution in [-0.4, -0.2) is 36.9 Å². The average molecular weight is 425 g/mol. The number of hydrogen-bond donors (Lipinski definition) is 0. The summed E-state index contributed by atoms with van der Waals surface area (Å²) in [6.45, 7) is 2.04. The molecule has 0 aliphatic carbocycles.